The van der Waals surface area contributed by atoms with E-state index in [-0.39, 0.29) is 0 Å². The molecule has 0 aromatic heterocycles. The molecule has 0 bridgehead atoms. The van der Waals surface area contributed by atoms with Gasteiger partial charge in [-0.1, -0.05) is 35.9 Å². The van der Waals surface area contributed by atoms with Crippen LogP contribution in [0.5, 0.6) is 0 Å². The van der Waals surface area contributed by atoms with Crippen molar-refractivity contribution in [2.24, 2.45) is 0 Å². The molecule has 2 aromatic carbocycles. The molecule has 0 amide bonds. The van der Waals surface area contributed by atoms with Gasteiger partial charge in [-0.2, -0.15) is 0 Å². The van der Waals surface area contributed by atoms with Gasteiger partial charge in [-0.15, -0.1) is 0 Å². The molecule has 1 saturated carbocycles. The minimum Gasteiger partial charge on any atom is -0.387 e. The number of hydrogen-bond acceptors (Lipinski definition) is 5. The van der Waals surface area contributed by atoms with Gasteiger partial charge in [0.05, 0.1) is 5.60 Å². The number of aliphatic hydroxyl groups is 3. The molecule has 0 radical (unpaired) electrons. The Labute approximate surface area is 181 Å². The standard InChI is InChI=1S/C24H28ClNO4/c25-19-8-5-16(22-20(27)21(28)23(29)24(30-22)9-10-24)14-17(19)13-15-3-6-18(7-4-15)26-11-1-2-12-26/h3-8,14,20-23,27-29H,1-2,9-13H2/t20-,21-,22+,23+/m1/s1. The van der Waals surface area contributed by atoms with Gasteiger partial charge < -0.3 is 25.0 Å². The molecule has 2 heterocycles. The number of rotatable bonds is 4. The van der Waals surface area contributed by atoms with Crippen LogP contribution in [0.3, 0.4) is 0 Å². The zero-order valence-corrected chi connectivity index (χ0v) is 17.6. The fraction of sp³-hybridized carbons (Fsp3) is 0.500. The van der Waals surface area contributed by atoms with E-state index in [1.807, 2.05) is 18.2 Å². The van der Waals surface area contributed by atoms with E-state index in [1.54, 1.807) is 0 Å². The van der Waals surface area contributed by atoms with Gasteiger partial charge >= 0.3 is 0 Å². The average Bonchev–Trinajstić information content (AvgIpc) is 3.32. The van der Waals surface area contributed by atoms with Gasteiger partial charge in [0.2, 0.25) is 0 Å². The van der Waals surface area contributed by atoms with E-state index in [0.717, 1.165) is 29.8 Å². The van der Waals surface area contributed by atoms with Gasteiger partial charge in [0.25, 0.3) is 0 Å². The first-order valence-corrected chi connectivity index (χ1v) is 11.2. The molecule has 6 heteroatoms. The van der Waals surface area contributed by atoms with Crippen molar-refractivity contribution in [2.45, 2.75) is 62.1 Å². The van der Waals surface area contributed by atoms with Crippen LogP contribution in [0.4, 0.5) is 5.69 Å². The Morgan fingerprint density at radius 1 is 0.967 bits per heavy atom. The highest BCUT2D eigenvalue weighted by Gasteiger charge is 2.60. The summed E-state index contributed by atoms with van der Waals surface area (Å²) in [6, 6.07) is 14.2. The van der Waals surface area contributed by atoms with Crippen LogP contribution in [0.2, 0.25) is 5.02 Å². The highest BCUT2D eigenvalue weighted by atomic mass is 35.5. The summed E-state index contributed by atoms with van der Waals surface area (Å²) in [5, 5.41) is 31.8. The predicted octanol–water partition coefficient (Wildman–Crippen LogP) is 3.22. The summed E-state index contributed by atoms with van der Waals surface area (Å²) in [5.74, 6) is 0. The molecule has 30 heavy (non-hydrogen) atoms. The van der Waals surface area contributed by atoms with E-state index in [4.69, 9.17) is 16.3 Å². The molecule has 3 aliphatic rings. The molecule has 3 N–H and O–H groups in total. The SMILES string of the molecule is O[C@@H]1[C@@H](O)[C@H](O)C2(CC2)O[C@H]1c1ccc(Cl)c(Cc2ccc(N3CCCC3)cc2)c1. The van der Waals surface area contributed by atoms with Crippen LogP contribution < -0.4 is 4.90 Å². The smallest absolute Gasteiger partial charge is 0.113 e. The fourth-order valence-electron chi connectivity index (χ4n) is 4.80. The van der Waals surface area contributed by atoms with E-state index in [1.165, 1.54) is 18.5 Å². The maximum atomic E-state index is 10.5. The zero-order chi connectivity index (χ0) is 20.9. The van der Waals surface area contributed by atoms with Crippen molar-refractivity contribution in [3.8, 4) is 0 Å². The highest BCUT2D eigenvalue weighted by Crippen LogP contribution is 2.51. The molecule has 1 aliphatic carbocycles. The van der Waals surface area contributed by atoms with E-state index < -0.39 is 30.0 Å². The summed E-state index contributed by atoms with van der Waals surface area (Å²) < 4.78 is 6.08. The molecule has 2 aromatic rings. The van der Waals surface area contributed by atoms with Crippen LogP contribution in [-0.2, 0) is 11.2 Å². The first-order chi connectivity index (χ1) is 14.5. The van der Waals surface area contributed by atoms with Crippen LogP contribution in [0.1, 0.15) is 48.5 Å². The van der Waals surface area contributed by atoms with E-state index in [2.05, 4.69) is 29.2 Å². The van der Waals surface area contributed by atoms with E-state index in [0.29, 0.717) is 24.3 Å². The normalized spacial score (nSPS) is 30.1. The molecule has 5 rings (SSSR count). The Balaban J connectivity index is 1.36. The van der Waals surface area contributed by atoms with E-state index >= 15 is 0 Å². The average molecular weight is 430 g/mol. The number of hydrogen-bond donors (Lipinski definition) is 3. The zero-order valence-electron chi connectivity index (χ0n) is 16.9. The molecule has 160 valence electrons. The minimum absolute atomic E-state index is 0.661. The summed E-state index contributed by atoms with van der Waals surface area (Å²) in [5.41, 5.74) is 3.42. The highest BCUT2D eigenvalue weighted by molar-refractivity contribution is 6.31. The second kappa shape index (κ2) is 7.81. The van der Waals surface area contributed by atoms with Crippen molar-refractivity contribution in [1.82, 2.24) is 0 Å². The first kappa shape index (κ1) is 20.3. The lowest BCUT2D eigenvalue weighted by molar-refractivity contribution is -0.236. The topological polar surface area (TPSA) is 73.2 Å². The quantitative estimate of drug-likeness (QED) is 0.696. The van der Waals surface area contributed by atoms with Crippen molar-refractivity contribution < 1.29 is 20.1 Å². The molecule has 4 atom stereocenters. The van der Waals surface area contributed by atoms with Crippen molar-refractivity contribution in [2.75, 3.05) is 18.0 Å². The predicted molar refractivity (Wildman–Crippen MR) is 116 cm³/mol. The summed E-state index contributed by atoms with van der Waals surface area (Å²) in [7, 11) is 0. The van der Waals surface area contributed by atoms with Crippen molar-refractivity contribution >= 4 is 17.3 Å². The summed E-state index contributed by atoms with van der Waals surface area (Å²) >= 11 is 6.48. The molecule has 1 spiro atoms. The van der Waals surface area contributed by atoms with Crippen LogP contribution >= 0.6 is 11.6 Å². The fourth-order valence-corrected chi connectivity index (χ4v) is 4.98. The molecular weight excluding hydrogens is 402 g/mol. The monoisotopic (exact) mass is 429 g/mol. The molecule has 2 saturated heterocycles. The number of anilines is 1. The number of benzene rings is 2. The maximum absolute atomic E-state index is 10.5. The number of aliphatic hydroxyl groups excluding tert-OH is 3. The molecule has 0 unspecified atom stereocenters. The van der Waals surface area contributed by atoms with Gasteiger partial charge in [-0.05, 0) is 67.0 Å². The Hall–Kier alpha value is -1.63. The Bertz CT molecular complexity index is 908. The third kappa shape index (κ3) is 3.63. The largest absolute Gasteiger partial charge is 0.387 e. The number of ether oxygens (including phenoxy) is 1. The Morgan fingerprint density at radius 3 is 2.33 bits per heavy atom. The Morgan fingerprint density at radius 2 is 1.67 bits per heavy atom. The van der Waals surface area contributed by atoms with Crippen molar-refractivity contribution in [3.05, 3.63) is 64.2 Å². The van der Waals surface area contributed by atoms with E-state index in [9.17, 15) is 15.3 Å². The maximum Gasteiger partial charge on any atom is 0.113 e. The number of nitrogens with zero attached hydrogens (tertiary/aromatic N) is 1. The minimum atomic E-state index is -1.22. The van der Waals surface area contributed by atoms with Gasteiger partial charge in [0.1, 0.15) is 24.4 Å². The molecule has 5 nitrogen and oxygen atoms in total. The first-order valence-electron chi connectivity index (χ1n) is 10.8. The third-order valence-corrected chi connectivity index (χ3v) is 7.20. The number of halogens is 1. The van der Waals surface area contributed by atoms with Crippen LogP contribution in [-0.4, -0.2) is 52.3 Å². The van der Waals surface area contributed by atoms with Crippen LogP contribution in [0, 0.1) is 0 Å². The lowest BCUT2D eigenvalue weighted by Crippen LogP contribution is -2.55. The molecule has 2 aliphatic heterocycles. The molecular formula is C24H28ClNO4. The van der Waals surface area contributed by atoms with Crippen molar-refractivity contribution in [1.29, 1.82) is 0 Å². The molecule has 3 fully saturated rings. The third-order valence-electron chi connectivity index (χ3n) is 6.83. The van der Waals surface area contributed by atoms with Gasteiger partial charge in [0, 0.05) is 23.8 Å². The Kier molecular flexibility index (Phi) is 5.28. The van der Waals surface area contributed by atoms with Gasteiger partial charge in [0.15, 0.2) is 0 Å². The summed E-state index contributed by atoms with van der Waals surface area (Å²) in [4.78, 5) is 2.41. The van der Waals surface area contributed by atoms with Gasteiger partial charge in [-0.25, -0.2) is 0 Å². The van der Waals surface area contributed by atoms with Crippen LogP contribution in [0.25, 0.3) is 0 Å². The summed E-state index contributed by atoms with van der Waals surface area (Å²) in [6.45, 7) is 2.25. The van der Waals surface area contributed by atoms with Gasteiger partial charge in [-0.3, -0.25) is 0 Å². The van der Waals surface area contributed by atoms with Crippen LogP contribution in [0.15, 0.2) is 42.5 Å². The second-order valence-corrected chi connectivity index (χ2v) is 9.32. The second-order valence-electron chi connectivity index (χ2n) is 8.92. The lowest BCUT2D eigenvalue weighted by Gasteiger charge is -2.41. The summed E-state index contributed by atoms with van der Waals surface area (Å²) in [6.07, 6.45) is 0.439. The van der Waals surface area contributed by atoms with Crippen molar-refractivity contribution in [3.63, 3.8) is 0 Å². The lowest BCUT2D eigenvalue weighted by atomic mass is 9.89.